The molecule has 3 aromatic rings. The highest BCUT2D eigenvalue weighted by molar-refractivity contribution is 5.40. The van der Waals surface area contributed by atoms with Gasteiger partial charge in [-0.25, -0.2) is 0 Å². The average Bonchev–Trinajstić information content (AvgIpc) is 2.79. The second kappa shape index (κ2) is 8.40. The molecule has 4 rings (SSSR count). The van der Waals surface area contributed by atoms with Crippen molar-refractivity contribution in [2.45, 2.75) is 37.5 Å². The molecule has 1 aliphatic rings. The monoisotopic (exact) mass is 388 g/mol. The van der Waals surface area contributed by atoms with Crippen molar-refractivity contribution < 1.29 is 15.2 Å². The van der Waals surface area contributed by atoms with Gasteiger partial charge in [0.05, 0.1) is 7.11 Å². The molecule has 0 amide bonds. The Labute approximate surface area is 173 Å². The van der Waals surface area contributed by atoms with Gasteiger partial charge in [-0.2, -0.15) is 0 Å². The molecule has 1 fully saturated rings. The molecule has 0 bridgehead atoms. The Bertz CT molecular complexity index is 928. The lowest BCUT2D eigenvalue weighted by molar-refractivity contribution is -0.758. The molecular formula is C26H30NO2+. The Morgan fingerprint density at radius 1 is 0.897 bits per heavy atom. The molecule has 3 heteroatoms. The van der Waals surface area contributed by atoms with Crippen LogP contribution in [0.25, 0.3) is 0 Å². The van der Waals surface area contributed by atoms with Crippen LogP contribution >= 0.6 is 0 Å². The van der Waals surface area contributed by atoms with Gasteiger partial charge < -0.3 is 15.2 Å². The van der Waals surface area contributed by atoms with E-state index in [9.17, 15) is 5.11 Å². The third-order valence-electron chi connectivity index (χ3n) is 6.44. The maximum Gasteiger partial charge on any atom is 0.124 e. The smallest absolute Gasteiger partial charge is 0.124 e. The first-order chi connectivity index (χ1) is 14.2. The lowest BCUT2D eigenvalue weighted by Gasteiger charge is -2.46. The van der Waals surface area contributed by atoms with Crippen molar-refractivity contribution in [3.8, 4) is 5.75 Å². The second-order valence-electron chi connectivity index (χ2n) is 7.99. The van der Waals surface area contributed by atoms with Gasteiger partial charge in [-0.3, -0.25) is 0 Å². The minimum atomic E-state index is -0.975. The lowest BCUT2D eigenvalue weighted by Crippen LogP contribution is -2.91. The average molecular weight is 389 g/mol. The fourth-order valence-electron chi connectivity index (χ4n) is 5.09. The van der Waals surface area contributed by atoms with E-state index in [2.05, 4.69) is 60.8 Å². The van der Waals surface area contributed by atoms with E-state index in [4.69, 9.17) is 4.74 Å². The summed E-state index contributed by atoms with van der Waals surface area (Å²) in [6.45, 7) is 2.18. The molecule has 0 spiro atoms. The maximum absolute atomic E-state index is 12.3. The quantitative estimate of drug-likeness (QED) is 0.682. The number of rotatable bonds is 5. The van der Waals surface area contributed by atoms with Gasteiger partial charge in [0, 0.05) is 29.0 Å². The number of ether oxygens (including phenoxy) is 1. The van der Waals surface area contributed by atoms with E-state index in [1.165, 1.54) is 11.1 Å². The summed E-state index contributed by atoms with van der Waals surface area (Å²) in [4.78, 5) is 0. The Morgan fingerprint density at radius 3 is 2.10 bits per heavy atom. The van der Waals surface area contributed by atoms with Gasteiger partial charge in [-0.1, -0.05) is 85.8 Å². The molecule has 4 atom stereocenters. The summed E-state index contributed by atoms with van der Waals surface area (Å²) in [5.41, 5.74) is 2.42. The highest BCUT2D eigenvalue weighted by atomic mass is 16.5. The number of benzene rings is 3. The fourth-order valence-corrected chi connectivity index (χ4v) is 5.09. The van der Waals surface area contributed by atoms with Crippen LogP contribution in [0.15, 0.2) is 84.9 Å². The molecule has 3 nitrogen and oxygen atoms in total. The summed E-state index contributed by atoms with van der Waals surface area (Å²) in [7, 11) is 1.68. The topological polar surface area (TPSA) is 46.1 Å². The van der Waals surface area contributed by atoms with E-state index in [1.807, 2.05) is 36.4 Å². The number of hydrogen-bond donors (Lipinski definition) is 2. The van der Waals surface area contributed by atoms with E-state index < -0.39 is 5.60 Å². The van der Waals surface area contributed by atoms with Gasteiger partial charge in [-0.05, 0) is 12.5 Å². The molecule has 0 saturated carbocycles. The highest BCUT2D eigenvalue weighted by Crippen LogP contribution is 2.48. The summed E-state index contributed by atoms with van der Waals surface area (Å²) in [6.07, 6.45) is 1.53. The van der Waals surface area contributed by atoms with Crippen LogP contribution in [-0.4, -0.2) is 12.2 Å². The second-order valence-corrected chi connectivity index (χ2v) is 7.99. The third-order valence-corrected chi connectivity index (χ3v) is 6.44. The first kappa shape index (κ1) is 19.7. The van der Waals surface area contributed by atoms with Gasteiger partial charge >= 0.3 is 0 Å². The normalized spacial score (nSPS) is 26.8. The van der Waals surface area contributed by atoms with Crippen LogP contribution in [0.1, 0.15) is 48.5 Å². The summed E-state index contributed by atoms with van der Waals surface area (Å²) >= 11 is 0. The van der Waals surface area contributed by atoms with Gasteiger partial charge in [0.15, 0.2) is 0 Å². The highest BCUT2D eigenvalue weighted by Gasteiger charge is 2.52. The first-order valence-electron chi connectivity index (χ1n) is 10.5. The Balaban J connectivity index is 1.85. The lowest BCUT2D eigenvalue weighted by atomic mass is 9.67. The summed E-state index contributed by atoms with van der Waals surface area (Å²) in [5.74, 6) is 0.829. The number of hydrogen-bond acceptors (Lipinski definition) is 2. The molecule has 3 N–H and O–H groups in total. The zero-order valence-electron chi connectivity index (χ0n) is 17.2. The number of methoxy groups -OCH3 is 1. The van der Waals surface area contributed by atoms with E-state index in [0.717, 1.165) is 17.7 Å². The van der Waals surface area contributed by atoms with Crippen molar-refractivity contribution in [2.75, 3.05) is 7.11 Å². The Morgan fingerprint density at radius 2 is 1.48 bits per heavy atom. The molecule has 1 heterocycles. The molecule has 0 radical (unpaired) electrons. The van der Waals surface area contributed by atoms with Gasteiger partial charge in [0.25, 0.3) is 0 Å². The first-order valence-corrected chi connectivity index (χ1v) is 10.5. The van der Waals surface area contributed by atoms with Crippen LogP contribution in [0.5, 0.6) is 5.75 Å². The number of piperidine rings is 1. The van der Waals surface area contributed by atoms with Gasteiger partial charge in [0.2, 0.25) is 0 Å². The fraction of sp³-hybridized carbons (Fsp3) is 0.308. The summed E-state index contributed by atoms with van der Waals surface area (Å²) in [5, 5.41) is 14.7. The van der Waals surface area contributed by atoms with Crippen LogP contribution in [0.3, 0.4) is 0 Å². The molecule has 150 valence electrons. The standard InChI is InChI=1S/C26H29NO2/c1-3-21-25(20-14-8-5-9-15-20)27-23(19-12-6-4-7-13-19)18-26(21,28)22-16-10-11-17-24(22)29-2/h4-17,21,23,25,27-28H,3,18H2,1-2H3/p+1/t21-,23+,25-,26-/m1/s1. The van der Waals surface area contributed by atoms with Crippen molar-refractivity contribution in [3.05, 3.63) is 102 Å². The van der Waals surface area contributed by atoms with Crippen molar-refractivity contribution in [3.63, 3.8) is 0 Å². The van der Waals surface area contributed by atoms with Crippen LogP contribution in [-0.2, 0) is 5.60 Å². The van der Waals surface area contributed by atoms with E-state index >= 15 is 0 Å². The van der Waals surface area contributed by atoms with Crippen LogP contribution in [0.2, 0.25) is 0 Å². The van der Waals surface area contributed by atoms with E-state index in [1.54, 1.807) is 7.11 Å². The molecule has 1 aliphatic heterocycles. The number of para-hydroxylation sites is 1. The van der Waals surface area contributed by atoms with Crippen LogP contribution < -0.4 is 10.1 Å². The molecular weight excluding hydrogens is 358 g/mol. The van der Waals surface area contributed by atoms with E-state index in [0.29, 0.717) is 6.42 Å². The summed E-state index contributed by atoms with van der Waals surface area (Å²) < 4.78 is 5.67. The van der Waals surface area contributed by atoms with Crippen molar-refractivity contribution in [1.82, 2.24) is 0 Å². The summed E-state index contributed by atoms with van der Waals surface area (Å²) in [6, 6.07) is 29.4. The molecule has 3 aromatic carbocycles. The maximum atomic E-state index is 12.3. The predicted octanol–water partition coefficient (Wildman–Crippen LogP) is 4.36. The number of quaternary nitrogens is 1. The van der Waals surface area contributed by atoms with Crippen molar-refractivity contribution >= 4 is 0 Å². The number of aliphatic hydroxyl groups is 1. The van der Waals surface area contributed by atoms with Crippen molar-refractivity contribution in [1.29, 1.82) is 0 Å². The van der Waals surface area contributed by atoms with Gasteiger partial charge in [0.1, 0.15) is 23.4 Å². The van der Waals surface area contributed by atoms with E-state index in [-0.39, 0.29) is 18.0 Å². The third kappa shape index (κ3) is 3.68. The van der Waals surface area contributed by atoms with Crippen LogP contribution in [0, 0.1) is 5.92 Å². The SMILES string of the molecule is CC[C@@H]1[C@@H](c2ccccc2)[NH2+][C@H](c2ccccc2)C[C@]1(O)c1ccccc1OC. The minimum Gasteiger partial charge on any atom is -0.496 e. The molecule has 0 unspecified atom stereocenters. The zero-order valence-corrected chi connectivity index (χ0v) is 17.2. The largest absolute Gasteiger partial charge is 0.496 e. The molecule has 0 aliphatic carbocycles. The van der Waals surface area contributed by atoms with Crippen LogP contribution in [0.4, 0.5) is 0 Å². The molecule has 1 saturated heterocycles. The molecule has 29 heavy (non-hydrogen) atoms. The van der Waals surface area contributed by atoms with Crippen molar-refractivity contribution in [2.24, 2.45) is 5.92 Å². The Kier molecular flexibility index (Phi) is 5.70. The predicted molar refractivity (Wildman–Crippen MR) is 116 cm³/mol. The molecule has 0 aromatic heterocycles. The van der Waals surface area contributed by atoms with Gasteiger partial charge in [-0.15, -0.1) is 0 Å². The number of nitrogens with two attached hydrogens (primary N) is 1. The Hall–Kier alpha value is -2.62. The minimum absolute atomic E-state index is 0.0705. The zero-order chi connectivity index (χ0) is 20.3.